The molecule has 46 heavy (non-hydrogen) atoms. The van der Waals surface area contributed by atoms with Gasteiger partial charge in [0.2, 0.25) is 0 Å². The summed E-state index contributed by atoms with van der Waals surface area (Å²) in [5, 5.41) is 12.7. The van der Waals surface area contributed by atoms with Gasteiger partial charge in [-0.15, -0.1) is 0 Å². The number of para-hydroxylation sites is 2. The molecule has 0 atom stereocenters. The molecule has 0 saturated carbocycles. The first-order chi connectivity index (χ1) is 22.7. The second-order valence-electron chi connectivity index (χ2n) is 11.9. The Kier molecular flexibility index (Phi) is 5.34. The summed E-state index contributed by atoms with van der Waals surface area (Å²) in [4.78, 5) is 10.7. The summed E-state index contributed by atoms with van der Waals surface area (Å²) in [6, 6.07) is 51.4. The van der Waals surface area contributed by atoms with E-state index >= 15 is 0 Å². The Morgan fingerprint density at radius 1 is 0.413 bits per heavy atom. The molecule has 0 amide bonds. The van der Waals surface area contributed by atoms with Crippen molar-refractivity contribution in [2.45, 2.75) is 0 Å². The minimum atomic E-state index is 0.707. The zero-order valence-electron chi connectivity index (χ0n) is 24.6. The van der Waals surface area contributed by atoms with Crippen LogP contribution in [-0.2, 0) is 0 Å². The lowest BCUT2D eigenvalue weighted by Gasteiger charge is -2.15. The van der Waals surface area contributed by atoms with Crippen molar-refractivity contribution in [3.05, 3.63) is 151 Å². The summed E-state index contributed by atoms with van der Waals surface area (Å²) in [6.45, 7) is 0. The van der Waals surface area contributed by atoms with Gasteiger partial charge in [-0.1, -0.05) is 109 Å². The number of rotatable bonds is 2. The molecule has 214 valence electrons. The zero-order chi connectivity index (χ0) is 30.4. The molecule has 0 aliphatic carbocycles. The van der Waals surface area contributed by atoms with Crippen LogP contribution in [0.15, 0.2) is 146 Å². The van der Waals surface area contributed by atoms with E-state index in [-0.39, 0.29) is 0 Å². The van der Waals surface area contributed by atoms with Crippen LogP contribution in [0.5, 0.6) is 0 Å². The third-order valence-corrected chi connectivity index (χ3v) is 9.61. The van der Waals surface area contributed by atoms with Crippen molar-refractivity contribution in [2.75, 3.05) is 0 Å². The van der Waals surface area contributed by atoms with Gasteiger partial charge in [0.25, 0.3) is 0 Å². The van der Waals surface area contributed by atoms with Gasteiger partial charge in [-0.25, -0.2) is 9.97 Å². The van der Waals surface area contributed by atoms with Crippen LogP contribution < -0.4 is 0 Å². The number of hydrogen-bond acceptors (Lipinski definition) is 2. The van der Waals surface area contributed by atoms with E-state index in [2.05, 4.69) is 120 Å². The third kappa shape index (κ3) is 3.67. The van der Waals surface area contributed by atoms with Crippen molar-refractivity contribution in [1.29, 1.82) is 0 Å². The number of halogens is 1. The third-order valence-electron chi connectivity index (χ3n) is 9.38. The maximum absolute atomic E-state index is 6.61. The summed E-state index contributed by atoms with van der Waals surface area (Å²) in [5.74, 6) is 0.792. The Hall–Kier alpha value is -5.77. The molecule has 0 radical (unpaired) electrons. The molecule has 3 nitrogen and oxygen atoms in total. The van der Waals surface area contributed by atoms with E-state index < -0.39 is 0 Å². The molecule has 0 saturated heterocycles. The van der Waals surface area contributed by atoms with Gasteiger partial charge in [0.05, 0.1) is 22.1 Å². The van der Waals surface area contributed by atoms with Gasteiger partial charge in [-0.05, 0) is 91.6 Å². The minimum absolute atomic E-state index is 0.707. The predicted molar refractivity (Wildman–Crippen MR) is 194 cm³/mol. The topological polar surface area (TPSA) is 30.7 Å². The highest BCUT2D eigenvalue weighted by Gasteiger charge is 2.21. The molecule has 10 rings (SSSR count). The second-order valence-corrected chi connectivity index (χ2v) is 12.4. The van der Waals surface area contributed by atoms with Crippen molar-refractivity contribution in [3.63, 3.8) is 0 Å². The van der Waals surface area contributed by atoms with Gasteiger partial charge in [0.15, 0.2) is 5.82 Å². The largest absolute Gasteiger partial charge is 0.292 e. The van der Waals surface area contributed by atoms with E-state index in [1.807, 2.05) is 30.3 Å². The first-order valence-corrected chi connectivity index (χ1v) is 15.8. The monoisotopic (exact) mass is 605 g/mol. The molecule has 0 unspecified atom stereocenters. The highest BCUT2D eigenvalue weighted by molar-refractivity contribution is 6.32. The first kappa shape index (κ1) is 25.5. The van der Waals surface area contributed by atoms with E-state index in [9.17, 15) is 0 Å². The predicted octanol–water partition coefficient (Wildman–Crippen LogP) is 11.7. The Balaban J connectivity index is 1.35. The van der Waals surface area contributed by atoms with Gasteiger partial charge < -0.3 is 0 Å². The number of hydrogen-bond donors (Lipinski definition) is 0. The summed E-state index contributed by atoms with van der Waals surface area (Å²) < 4.78 is 2.27. The molecule has 0 bridgehead atoms. The van der Waals surface area contributed by atoms with Crippen LogP contribution in [0.2, 0.25) is 5.02 Å². The molecule has 0 spiro atoms. The van der Waals surface area contributed by atoms with Crippen LogP contribution in [-0.4, -0.2) is 14.5 Å². The van der Waals surface area contributed by atoms with Crippen LogP contribution in [0.3, 0.4) is 0 Å². The quantitative estimate of drug-likeness (QED) is 0.183. The summed E-state index contributed by atoms with van der Waals surface area (Å²) in [7, 11) is 0. The molecule has 0 fully saturated rings. The Morgan fingerprint density at radius 3 is 1.70 bits per heavy atom. The van der Waals surface area contributed by atoms with Crippen LogP contribution in [0.4, 0.5) is 0 Å². The van der Waals surface area contributed by atoms with Crippen LogP contribution in [0.25, 0.3) is 93.0 Å². The lowest BCUT2D eigenvalue weighted by atomic mass is 9.93. The van der Waals surface area contributed by atoms with Crippen LogP contribution in [0, 0.1) is 0 Å². The average molecular weight is 606 g/mol. The van der Waals surface area contributed by atoms with Crippen LogP contribution in [0.1, 0.15) is 0 Å². The Bertz CT molecular complexity index is 2850. The molecule has 0 aliphatic rings. The van der Waals surface area contributed by atoms with Gasteiger partial charge in [-0.2, -0.15) is 0 Å². The van der Waals surface area contributed by atoms with E-state index in [1.54, 1.807) is 0 Å². The van der Waals surface area contributed by atoms with E-state index in [0.29, 0.717) is 5.02 Å². The molecule has 10 aromatic rings. The van der Waals surface area contributed by atoms with Crippen LogP contribution >= 0.6 is 11.6 Å². The summed E-state index contributed by atoms with van der Waals surface area (Å²) in [5.41, 5.74) is 5.67. The Morgan fingerprint density at radius 2 is 0.978 bits per heavy atom. The Labute approximate surface area is 268 Å². The van der Waals surface area contributed by atoms with Gasteiger partial charge >= 0.3 is 0 Å². The SMILES string of the molecule is Clc1ccc2c(c1)c1cc3ccccc3cc1n2-c1nc2ccccc2nc1-c1ccc2c3ccccc3c3ccccc3c2c1. The average Bonchev–Trinajstić information content (AvgIpc) is 3.42. The van der Waals surface area contributed by atoms with E-state index in [1.165, 1.54) is 43.1 Å². The van der Waals surface area contributed by atoms with Crippen molar-refractivity contribution in [3.8, 4) is 17.1 Å². The number of nitrogens with zero attached hydrogens (tertiary/aromatic N) is 3. The molecule has 8 aromatic carbocycles. The van der Waals surface area contributed by atoms with Gasteiger partial charge in [-0.3, -0.25) is 4.57 Å². The number of aromatic nitrogens is 3. The highest BCUT2D eigenvalue weighted by Crippen LogP contribution is 2.41. The molecule has 0 aliphatic heterocycles. The standard InChI is InChI=1S/C42H24ClN3/c43-28-18-20-39-36(24-28)35-21-25-9-1-2-10-26(25)23-40(35)46(39)42-41(44-37-15-7-8-16-38(37)45-42)27-17-19-33-31-13-4-3-11-29(31)30-12-5-6-14-32(30)34(33)22-27/h1-24H. The van der Waals surface area contributed by atoms with Gasteiger partial charge in [0.1, 0.15) is 5.69 Å². The zero-order valence-corrected chi connectivity index (χ0v) is 25.3. The second kappa shape index (κ2) is 9.61. The molecular formula is C42H24ClN3. The first-order valence-electron chi connectivity index (χ1n) is 15.4. The summed E-state index contributed by atoms with van der Waals surface area (Å²) >= 11 is 6.61. The van der Waals surface area contributed by atoms with Crippen molar-refractivity contribution >= 4 is 87.5 Å². The maximum Gasteiger partial charge on any atom is 0.165 e. The number of fused-ring (bicyclic) bond motifs is 11. The normalized spacial score (nSPS) is 12.0. The fraction of sp³-hybridized carbons (Fsp3) is 0. The fourth-order valence-corrected chi connectivity index (χ4v) is 7.47. The number of benzene rings is 8. The summed E-state index contributed by atoms with van der Waals surface area (Å²) in [6.07, 6.45) is 0. The van der Waals surface area contributed by atoms with Crippen molar-refractivity contribution in [1.82, 2.24) is 14.5 Å². The van der Waals surface area contributed by atoms with Crippen molar-refractivity contribution < 1.29 is 0 Å². The highest BCUT2D eigenvalue weighted by atomic mass is 35.5. The molecular weight excluding hydrogens is 582 g/mol. The van der Waals surface area contributed by atoms with E-state index in [0.717, 1.165) is 49.9 Å². The molecule has 2 aromatic heterocycles. The van der Waals surface area contributed by atoms with Gasteiger partial charge in [0, 0.05) is 21.4 Å². The fourth-order valence-electron chi connectivity index (χ4n) is 7.30. The lowest BCUT2D eigenvalue weighted by molar-refractivity contribution is 1.08. The smallest absolute Gasteiger partial charge is 0.165 e. The minimum Gasteiger partial charge on any atom is -0.292 e. The molecule has 2 heterocycles. The maximum atomic E-state index is 6.61. The van der Waals surface area contributed by atoms with Crippen molar-refractivity contribution in [2.24, 2.45) is 0 Å². The molecule has 0 N–H and O–H groups in total. The lowest BCUT2D eigenvalue weighted by Crippen LogP contribution is -2.03. The molecule has 4 heteroatoms. The van der Waals surface area contributed by atoms with E-state index in [4.69, 9.17) is 21.6 Å².